The summed E-state index contributed by atoms with van der Waals surface area (Å²) in [6, 6.07) is 0. The molecule has 0 radical (unpaired) electrons. The Bertz CT molecular complexity index is 897. The van der Waals surface area contributed by atoms with Gasteiger partial charge in [0.2, 0.25) is 12.4 Å². The van der Waals surface area contributed by atoms with Crippen molar-refractivity contribution in [1.82, 2.24) is 0 Å². The normalized spacial score (nSPS) is 22.2. The van der Waals surface area contributed by atoms with Crippen molar-refractivity contribution in [3.8, 4) is 0 Å². The zero-order valence-corrected chi connectivity index (χ0v) is 23.7. The van der Waals surface area contributed by atoms with Crippen molar-refractivity contribution in [2.75, 3.05) is 13.7 Å². The average molecular weight is 573 g/mol. The third-order valence-corrected chi connectivity index (χ3v) is 5.40. The van der Waals surface area contributed by atoms with Gasteiger partial charge in [0.05, 0.1) is 7.11 Å². The van der Waals surface area contributed by atoms with E-state index in [4.69, 9.17) is 28.4 Å². The fourth-order valence-electron chi connectivity index (χ4n) is 3.56. The maximum atomic E-state index is 12.6. The topological polar surface area (TPSA) is 167 Å². The molecule has 5 atom stereocenters. The van der Waals surface area contributed by atoms with Gasteiger partial charge in [-0.3, -0.25) is 19.2 Å². The lowest BCUT2D eigenvalue weighted by molar-refractivity contribution is -0.301. The number of methoxy groups -OCH3 is 1. The average Bonchev–Trinajstić information content (AvgIpc) is 2.90. The standard InChI is InChI=1S/C27H40O13/c1-6-10-20(30)37-24-17(16-35-19(29)15-14-18(28)34-5)36-27(40-23(33)13-9-4)26(39-22(32)12-8-3)25(24)38-21(31)11-7-2/h14-15,17,24-27H,6-13,16H2,1-5H3/b15-14+/t17-,24+,25+,26-,27-/m1/s1. The number of rotatable bonds is 16. The molecule has 0 aliphatic carbocycles. The quantitative estimate of drug-likeness (QED) is 0.150. The third kappa shape index (κ3) is 12.1. The summed E-state index contributed by atoms with van der Waals surface area (Å²) >= 11 is 0. The number of hydrogen-bond acceptors (Lipinski definition) is 13. The van der Waals surface area contributed by atoms with E-state index in [-0.39, 0.29) is 25.7 Å². The summed E-state index contributed by atoms with van der Waals surface area (Å²) in [5.41, 5.74) is 0. The zero-order valence-electron chi connectivity index (χ0n) is 23.7. The number of carbonyl (C=O) groups is 6. The van der Waals surface area contributed by atoms with E-state index in [1.807, 2.05) is 0 Å². The molecule has 0 saturated carbocycles. The summed E-state index contributed by atoms with van der Waals surface area (Å²) < 4.78 is 37.7. The van der Waals surface area contributed by atoms with E-state index in [1.54, 1.807) is 27.7 Å². The largest absolute Gasteiger partial charge is 0.466 e. The first-order valence-electron chi connectivity index (χ1n) is 13.5. The van der Waals surface area contributed by atoms with Gasteiger partial charge in [-0.25, -0.2) is 9.59 Å². The molecule has 1 rings (SSSR count). The molecule has 1 heterocycles. The van der Waals surface area contributed by atoms with Gasteiger partial charge < -0.3 is 33.2 Å². The molecule has 0 spiro atoms. The van der Waals surface area contributed by atoms with Gasteiger partial charge in [0.15, 0.2) is 12.2 Å². The van der Waals surface area contributed by atoms with Gasteiger partial charge in [0, 0.05) is 37.8 Å². The van der Waals surface area contributed by atoms with Crippen molar-refractivity contribution < 1.29 is 61.9 Å². The Morgan fingerprint density at radius 2 is 1.02 bits per heavy atom. The highest BCUT2D eigenvalue weighted by molar-refractivity contribution is 5.91. The van der Waals surface area contributed by atoms with Crippen LogP contribution in [0.1, 0.15) is 79.1 Å². The van der Waals surface area contributed by atoms with E-state index in [0.29, 0.717) is 25.7 Å². The number of esters is 6. The lowest BCUT2D eigenvalue weighted by Crippen LogP contribution is -2.63. The second-order valence-electron chi connectivity index (χ2n) is 8.88. The lowest BCUT2D eigenvalue weighted by Gasteiger charge is -2.44. The predicted molar refractivity (Wildman–Crippen MR) is 136 cm³/mol. The molecule has 0 amide bonds. The van der Waals surface area contributed by atoms with Crippen molar-refractivity contribution in [2.24, 2.45) is 0 Å². The van der Waals surface area contributed by atoms with Gasteiger partial charge in [-0.1, -0.05) is 27.7 Å². The number of carbonyl (C=O) groups excluding carboxylic acids is 6. The van der Waals surface area contributed by atoms with Crippen LogP contribution in [0, 0.1) is 0 Å². The Hall–Kier alpha value is -3.48. The van der Waals surface area contributed by atoms with E-state index in [0.717, 1.165) is 19.3 Å². The van der Waals surface area contributed by atoms with Crippen molar-refractivity contribution in [3.63, 3.8) is 0 Å². The third-order valence-electron chi connectivity index (χ3n) is 5.40. The minimum absolute atomic E-state index is 0.000868. The van der Waals surface area contributed by atoms with Gasteiger partial charge in [-0.2, -0.15) is 0 Å². The number of hydrogen-bond donors (Lipinski definition) is 0. The molecule has 1 fully saturated rings. The summed E-state index contributed by atoms with van der Waals surface area (Å²) in [6.07, 6.45) is -3.75. The molecule has 0 unspecified atom stereocenters. The molecule has 0 aromatic heterocycles. The molecule has 0 aromatic carbocycles. The van der Waals surface area contributed by atoms with Crippen LogP contribution in [0.4, 0.5) is 0 Å². The van der Waals surface area contributed by atoms with Crippen molar-refractivity contribution in [1.29, 1.82) is 0 Å². The van der Waals surface area contributed by atoms with E-state index < -0.39 is 73.1 Å². The highest BCUT2D eigenvalue weighted by Gasteiger charge is 2.54. The SMILES string of the molecule is CCCC(=O)O[C@H]1O[C@H](COC(=O)/C=C/C(=O)OC)[C@H](OC(=O)CCC)[C@H](OC(=O)CCC)[C@H]1OC(=O)CCC. The summed E-state index contributed by atoms with van der Waals surface area (Å²) in [6.45, 7) is 6.45. The van der Waals surface area contributed by atoms with Gasteiger partial charge >= 0.3 is 35.8 Å². The maximum absolute atomic E-state index is 12.6. The smallest absolute Gasteiger partial charge is 0.331 e. The summed E-state index contributed by atoms with van der Waals surface area (Å²) in [4.78, 5) is 73.6. The Morgan fingerprint density at radius 3 is 1.50 bits per heavy atom. The molecule has 0 aromatic rings. The van der Waals surface area contributed by atoms with E-state index >= 15 is 0 Å². The van der Waals surface area contributed by atoms with Gasteiger partial charge in [-0.15, -0.1) is 0 Å². The highest BCUT2D eigenvalue weighted by Crippen LogP contribution is 2.31. The highest BCUT2D eigenvalue weighted by atomic mass is 16.7. The maximum Gasteiger partial charge on any atom is 0.331 e. The molecule has 226 valence electrons. The van der Waals surface area contributed by atoms with Crippen LogP contribution in [0.3, 0.4) is 0 Å². The summed E-state index contributed by atoms with van der Waals surface area (Å²) in [5.74, 6) is -4.46. The fraction of sp³-hybridized carbons (Fsp3) is 0.704. The molecule has 13 heteroatoms. The monoisotopic (exact) mass is 572 g/mol. The van der Waals surface area contributed by atoms with Gasteiger partial charge in [0.1, 0.15) is 12.7 Å². The molecular formula is C27H40O13. The van der Waals surface area contributed by atoms with Gasteiger partial charge in [0.25, 0.3) is 0 Å². The van der Waals surface area contributed by atoms with Crippen molar-refractivity contribution in [3.05, 3.63) is 12.2 Å². The Balaban J connectivity index is 3.47. The second-order valence-corrected chi connectivity index (χ2v) is 8.88. The number of ether oxygens (including phenoxy) is 7. The zero-order chi connectivity index (χ0) is 30.1. The Morgan fingerprint density at radius 1 is 0.600 bits per heavy atom. The van der Waals surface area contributed by atoms with Crippen LogP contribution in [0.2, 0.25) is 0 Å². The Labute approximate surface area is 233 Å². The van der Waals surface area contributed by atoms with E-state index in [1.165, 1.54) is 0 Å². The minimum atomic E-state index is -1.57. The molecule has 1 aliphatic heterocycles. The molecule has 1 aliphatic rings. The minimum Gasteiger partial charge on any atom is -0.466 e. The van der Waals surface area contributed by atoms with Crippen LogP contribution in [0.5, 0.6) is 0 Å². The molecule has 40 heavy (non-hydrogen) atoms. The summed E-state index contributed by atoms with van der Waals surface area (Å²) in [5, 5.41) is 0. The van der Waals surface area contributed by atoms with Crippen molar-refractivity contribution >= 4 is 35.8 Å². The molecule has 0 N–H and O–H groups in total. The first-order chi connectivity index (χ1) is 19.1. The van der Waals surface area contributed by atoms with E-state index in [2.05, 4.69) is 4.74 Å². The Kier molecular flexibility index (Phi) is 16.2. The lowest BCUT2D eigenvalue weighted by atomic mass is 9.97. The molecule has 13 nitrogen and oxygen atoms in total. The molecular weight excluding hydrogens is 532 g/mol. The van der Waals surface area contributed by atoms with Crippen LogP contribution in [-0.2, 0) is 61.9 Å². The van der Waals surface area contributed by atoms with E-state index in [9.17, 15) is 28.8 Å². The van der Waals surface area contributed by atoms with Gasteiger partial charge in [-0.05, 0) is 25.7 Å². The van der Waals surface area contributed by atoms with Crippen LogP contribution in [0.25, 0.3) is 0 Å². The fourth-order valence-corrected chi connectivity index (χ4v) is 3.56. The van der Waals surface area contributed by atoms with Crippen LogP contribution < -0.4 is 0 Å². The van der Waals surface area contributed by atoms with Crippen LogP contribution >= 0.6 is 0 Å². The molecule has 0 bridgehead atoms. The first-order valence-corrected chi connectivity index (χ1v) is 13.5. The first kappa shape index (κ1) is 34.5. The second kappa shape index (κ2) is 18.7. The predicted octanol–water partition coefficient (Wildman–Crippen LogP) is 2.46. The summed E-state index contributed by atoms with van der Waals surface area (Å²) in [7, 11) is 1.13. The van der Waals surface area contributed by atoms with Crippen LogP contribution in [-0.4, -0.2) is 80.2 Å². The molecule has 1 saturated heterocycles. The van der Waals surface area contributed by atoms with Crippen molar-refractivity contribution in [2.45, 2.75) is 110 Å². The van der Waals surface area contributed by atoms with Crippen LogP contribution in [0.15, 0.2) is 12.2 Å².